The summed E-state index contributed by atoms with van der Waals surface area (Å²) in [5, 5.41) is 4.46. The predicted octanol–water partition coefficient (Wildman–Crippen LogP) is 3.89. The van der Waals surface area contributed by atoms with Gasteiger partial charge in [0.25, 0.3) is 0 Å². The molecule has 0 heterocycles. The summed E-state index contributed by atoms with van der Waals surface area (Å²) >= 11 is 0. The maximum atomic E-state index is 12.6. The second-order valence-corrected chi connectivity index (χ2v) is 8.71. The van der Waals surface area contributed by atoms with E-state index >= 15 is 0 Å². The fraction of sp³-hybridized carbons (Fsp3) is 0.588. The average molecular weight is 337 g/mol. The molecule has 0 atom stereocenters. The van der Waals surface area contributed by atoms with Crippen LogP contribution in [-0.2, 0) is 10.0 Å². The molecule has 1 aromatic carbocycles. The molecule has 1 aromatic rings. The molecular formula is C17H27N3O2S. The van der Waals surface area contributed by atoms with E-state index in [9.17, 15) is 8.42 Å². The normalized spacial score (nSPS) is 16.7. The molecule has 1 fully saturated rings. The minimum absolute atomic E-state index is 0.230. The Kier molecular flexibility index (Phi) is 5.81. The van der Waals surface area contributed by atoms with Crippen molar-refractivity contribution in [1.82, 2.24) is 4.72 Å². The summed E-state index contributed by atoms with van der Waals surface area (Å²) < 4.78 is 27.8. The molecule has 1 saturated carbocycles. The van der Waals surface area contributed by atoms with E-state index in [4.69, 9.17) is 0 Å². The van der Waals surface area contributed by atoms with E-state index in [1.807, 2.05) is 26.8 Å². The lowest BCUT2D eigenvalue weighted by Gasteiger charge is -2.21. The topological polar surface area (TPSA) is 70.6 Å². The van der Waals surface area contributed by atoms with Crippen molar-refractivity contribution in [2.24, 2.45) is 5.10 Å². The molecule has 1 aliphatic rings. The first kappa shape index (κ1) is 17.9. The van der Waals surface area contributed by atoms with Crippen molar-refractivity contribution in [3.05, 3.63) is 24.3 Å². The molecule has 0 amide bonds. The van der Waals surface area contributed by atoms with Crippen LogP contribution in [0.5, 0.6) is 0 Å². The first-order valence-corrected chi connectivity index (χ1v) is 9.71. The molecule has 6 heteroatoms. The Morgan fingerprint density at radius 2 is 1.61 bits per heavy atom. The molecule has 2 N–H and O–H groups in total. The van der Waals surface area contributed by atoms with E-state index < -0.39 is 15.6 Å². The highest BCUT2D eigenvalue weighted by Crippen LogP contribution is 2.23. The van der Waals surface area contributed by atoms with Crippen molar-refractivity contribution in [1.29, 1.82) is 0 Å². The second-order valence-electron chi connectivity index (χ2n) is 7.06. The van der Waals surface area contributed by atoms with Crippen LogP contribution in [0.4, 0.5) is 5.69 Å². The highest BCUT2D eigenvalue weighted by atomic mass is 32.2. The van der Waals surface area contributed by atoms with Crippen molar-refractivity contribution >= 4 is 21.4 Å². The molecule has 5 nitrogen and oxygen atoms in total. The lowest BCUT2D eigenvalue weighted by atomic mass is 10.1. The summed E-state index contributed by atoms with van der Waals surface area (Å²) in [6.07, 6.45) is 6.79. The van der Waals surface area contributed by atoms with E-state index in [1.54, 1.807) is 18.2 Å². The Bertz CT molecular complexity index is 651. The molecule has 0 bridgehead atoms. The third kappa shape index (κ3) is 5.62. The van der Waals surface area contributed by atoms with Crippen LogP contribution < -0.4 is 10.1 Å². The summed E-state index contributed by atoms with van der Waals surface area (Å²) in [5.41, 5.74) is 4.08. The lowest BCUT2D eigenvalue weighted by molar-refractivity contribution is 0.491. The van der Waals surface area contributed by atoms with Crippen LogP contribution in [0.25, 0.3) is 0 Å². The molecule has 0 spiro atoms. The maximum Gasteiger partial charge on any atom is 0.243 e. The predicted molar refractivity (Wildman–Crippen MR) is 95.3 cm³/mol. The molecule has 0 saturated heterocycles. The van der Waals surface area contributed by atoms with Crippen LogP contribution in [-0.4, -0.2) is 19.7 Å². The van der Waals surface area contributed by atoms with Gasteiger partial charge in [0, 0.05) is 11.3 Å². The minimum atomic E-state index is -3.59. The Morgan fingerprint density at radius 3 is 2.22 bits per heavy atom. The zero-order chi connectivity index (χ0) is 16.9. The van der Waals surface area contributed by atoms with E-state index in [-0.39, 0.29) is 4.90 Å². The van der Waals surface area contributed by atoms with Crippen LogP contribution in [0, 0.1) is 0 Å². The van der Waals surface area contributed by atoms with Crippen molar-refractivity contribution in [2.75, 3.05) is 5.43 Å². The fourth-order valence-electron chi connectivity index (χ4n) is 2.64. The summed E-state index contributed by atoms with van der Waals surface area (Å²) in [6.45, 7) is 5.48. The van der Waals surface area contributed by atoms with Gasteiger partial charge in [-0.25, -0.2) is 13.1 Å². The standard InChI is InChI=1S/C17H27N3O2S/c1-17(2,3)20-23(21,22)16-13-9-8-12-15(16)19-18-14-10-6-4-5-7-11-14/h8-9,12-13,19-20H,4-7,10-11H2,1-3H3. The summed E-state index contributed by atoms with van der Waals surface area (Å²) in [7, 11) is -3.59. The van der Waals surface area contributed by atoms with Crippen LogP contribution >= 0.6 is 0 Å². The zero-order valence-electron chi connectivity index (χ0n) is 14.2. The number of hydrogen-bond donors (Lipinski definition) is 2. The molecule has 2 rings (SSSR count). The maximum absolute atomic E-state index is 12.6. The number of hydrazone groups is 1. The van der Waals surface area contributed by atoms with Gasteiger partial charge in [-0.3, -0.25) is 5.43 Å². The largest absolute Gasteiger partial charge is 0.277 e. The van der Waals surface area contributed by atoms with Crippen molar-refractivity contribution < 1.29 is 8.42 Å². The van der Waals surface area contributed by atoms with E-state index in [0.717, 1.165) is 31.4 Å². The van der Waals surface area contributed by atoms with Crippen LogP contribution in [0.3, 0.4) is 0 Å². The Labute approximate surface area is 139 Å². The number of rotatable bonds is 4. The Hall–Kier alpha value is -1.40. The van der Waals surface area contributed by atoms with Gasteiger partial charge in [-0.1, -0.05) is 25.0 Å². The van der Waals surface area contributed by atoms with Gasteiger partial charge in [0.1, 0.15) is 4.90 Å². The summed E-state index contributed by atoms with van der Waals surface area (Å²) in [5.74, 6) is 0. The van der Waals surface area contributed by atoms with Gasteiger partial charge in [-0.15, -0.1) is 0 Å². The minimum Gasteiger partial charge on any atom is -0.277 e. The molecule has 0 aliphatic heterocycles. The monoisotopic (exact) mass is 337 g/mol. The van der Waals surface area contributed by atoms with Gasteiger partial charge in [-0.05, 0) is 58.6 Å². The molecule has 1 aliphatic carbocycles. The van der Waals surface area contributed by atoms with E-state index in [0.29, 0.717) is 5.69 Å². The van der Waals surface area contributed by atoms with E-state index in [1.165, 1.54) is 12.8 Å². The number of benzene rings is 1. The number of hydrogen-bond acceptors (Lipinski definition) is 4. The van der Waals surface area contributed by atoms with Gasteiger partial charge in [-0.2, -0.15) is 5.10 Å². The Balaban J connectivity index is 2.22. The molecule has 0 unspecified atom stereocenters. The van der Waals surface area contributed by atoms with Gasteiger partial charge in [0.15, 0.2) is 0 Å². The number of nitrogens with one attached hydrogen (secondary N) is 2. The lowest BCUT2D eigenvalue weighted by Crippen LogP contribution is -2.40. The highest BCUT2D eigenvalue weighted by Gasteiger charge is 2.24. The number of nitrogens with zero attached hydrogens (tertiary/aromatic N) is 1. The van der Waals surface area contributed by atoms with Crippen molar-refractivity contribution in [3.63, 3.8) is 0 Å². The van der Waals surface area contributed by atoms with Crippen LogP contribution in [0.2, 0.25) is 0 Å². The fourth-order valence-corrected chi connectivity index (χ4v) is 4.22. The molecular weight excluding hydrogens is 310 g/mol. The molecule has 23 heavy (non-hydrogen) atoms. The quantitative estimate of drug-likeness (QED) is 0.647. The Morgan fingerprint density at radius 1 is 1.00 bits per heavy atom. The van der Waals surface area contributed by atoms with Gasteiger partial charge in [0.05, 0.1) is 5.69 Å². The molecule has 0 radical (unpaired) electrons. The second kappa shape index (κ2) is 7.45. The van der Waals surface area contributed by atoms with Gasteiger partial charge >= 0.3 is 0 Å². The summed E-state index contributed by atoms with van der Waals surface area (Å²) in [4.78, 5) is 0.230. The van der Waals surface area contributed by atoms with Gasteiger partial charge in [0.2, 0.25) is 10.0 Å². The van der Waals surface area contributed by atoms with Crippen LogP contribution in [0.15, 0.2) is 34.3 Å². The third-order valence-electron chi connectivity index (χ3n) is 3.63. The average Bonchev–Trinajstić information content (AvgIpc) is 2.71. The summed E-state index contributed by atoms with van der Waals surface area (Å²) in [6, 6.07) is 6.88. The first-order chi connectivity index (χ1) is 10.8. The van der Waals surface area contributed by atoms with Gasteiger partial charge < -0.3 is 0 Å². The van der Waals surface area contributed by atoms with Crippen molar-refractivity contribution in [3.8, 4) is 0 Å². The zero-order valence-corrected chi connectivity index (χ0v) is 15.0. The SMILES string of the molecule is CC(C)(C)NS(=O)(=O)c1ccccc1NN=C1CCCCCC1. The van der Waals surface area contributed by atoms with Crippen molar-refractivity contribution in [2.45, 2.75) is 69.7 Å². The molecule has 128 valence electrons. The number of para-hydroxylation sites is 1. The first-order valence-electron chi connectivity index (χ1n) is 8.22. The molecule has 0 aromatic heterocycles. The van der Waals surface area contributed by atoms with Crippen LogP contribution in [0.1, 0.15) is 59.3 Å². The number of anilines is 1. The highest BCUT2D eigenvalue weighted by molar-refractivity contribution is 7.89. The number of sulfonamides is 1. The third-order valence-corrected chi connectivity index (χ3v) is 5.45. The van der Waals surface area contributed by atoms with E-state index in [2.05, 4.69) is 15.2 Å². The smallest absolute Gasteiger partial charge is 0.243 e.